The predicted octanol–water partition coefficient (Wildman–Crippen LogP) is 1.02. The molecule has 1 aromatic rings. The van der Waals surface area contributed by atoms with Crippen molar-refractivity contribution in [2.45, 2.75) is 16.6 Å². The second-order valence-corrected chi connectivity index (χ2v) is 6.99. The standard InChI is InChI=1S/C16H21N3O2S.ClH/c1-18(11-15(20)19-8-6-17-7-9-19)16(21)14-10-12-4-2-3-5-13(12)22-14;/h2-5,14,17H,6-11H2,1H3;1H. The second-order valence-electron chi connectivity index (χ2n) is 5.74. The van der Waals surface area contributed by atoms with Gasteiger partial charge in [0.1, 0.15) is 0 Å². The molecule has 0 bridgehead atoms. The molecule has 1 N–H and O–H groups in total. The van der Waals surface area contributed by atoms with Gasteiger partial charge in [-0.3, -0.25) is 9.59 Å². The van der Waals surface area contributed by atoms with E-state index in [9.17, 15) is 9.59 Å². The number of thioether (sulfide) groups is 1. The van der Waals surface area contributed by atoms with Crippen molar-refractivity contribution in [3.8, 4) is 0 Å². The van der Waals surface area contributed by atoms with E-state index in [-0.39, 0.29) is 36.0 Å². The van der Waals surface area contributed by atoms with Gasteiger partial charge in [-0.1, -0.05) is 18.2 Å². The lowest BCUT2D eigenvalue weighted by Crippen LogP contribution is -2.50. The summed E-state index contributed by atoms with van der Waals surface area (Å²) in [6.45, 7) is 3.29. The fourth-order valence-electron chi connectivity index (χ4n) is 2.86. The Balaban J connectivity index is 0.00000192. The summed E-state index contributed by atoms with van der Waals surface area (Å²) >= 11 is 1.61. The van der Waals surface area contributed by atoms with Crippen molar-refractivity contribution in [2.75, 3.05) is 39.8 Å². The molecule has 1 saturated heterocycles. The van der Waals surface area contributed by atoms with Gasteiger partial charge in [0.25, 0.3) is 0 Å². The van der Waals surface area contributed by atoms with E-state index in [1.807, 2.05) is 17.0 Å². The highest BCUT2D eigenvalue weighted by Crippen LogP contribution is 2.37. The Kier molecular flexibility index (Phi) is 6.33. The van der Waals surface area contributed by atoms with Gasteiger partial charge < -0.3 is 15.1 Å². The van der Waals surface area contributed by atoms with Gasteiger partial charge in [0.15, 0.2) is 0 Å². The first-order valence-corrected chi connectivity index (χ1v) is 8.51. The summed E-state index contributed by atoms with van der Waals surface area (Å²) < 4.78 is 0. The molecule has 126 valence electrons. The predicted molar refractivity (Wildman–Crippen MR) is 94.1 cm³/mol. The average molecular weight is 356 g/mol. The van der Waals surface area contributed by atoms with Crippen LogP contribution in [0.2, 0.25) is 0 Å². The van der Waals surface area contributed by atoms with E-state index < -0.39 is 0 Å². The SMILES string of the molecule is CN(CC(=O)N1CCNCC1)C(=O)C1Cc2ccccc2S1.Cl. The van der Waals surface area contributed by atoms with Crippen LogP contribution in [-0.2, 0) is 16.0 Å². The van der Waals surface area contributed by atoms with Crippen LogP contribution in [0.1, 0.15) is 5.56 Å². The molecule has 0 radical (unpaired) electrons. The third-order valence-electron chi connectivity index (χ3n) is 4.14. The van der Waals surface area contributed by atoms with Crippen molar-refractivity contribution in [3.05, 3.63) is 29.8 Å². The van der Waals surface area contributed by atoms with Crippen molar-refractivity contribution >= 4 is 36.0 Å². The van der Waals surface area contributed by atoms with Crippen molar-refractivity contribution in [3.63, 3.8) is 0 Å². The molecule has 3 rings (SSSR count). The first-order valence-electron chi connectivity index (χ1n) is 7.63. The summed E-state index contributed by atoms with van der Waals surface area (Å²) in [5, 5.41) is 3.12. The van der Waals surface area contributed by atoms with Gasteiger partial charge in [-0.15, -0.1) is 24.2 Å². The number of amides is 2. The molecule has 1 atom stereocenters. The highest BCUT2D eigenvalue weighted by molar-refractivity contribution is 8.01. The van der Waals surface area contributed by atoms with Crippen molar-refractivity contribution in [1.82, 2.24) is 15.1 Å². The van der Waals surface area contributed by atoms with Crippen LogP contribution >= 0.6 is 24.2 Å². The van der Waals surface area contributed by atoms with Gasteiger partial charge in [-0.25, -0.2) is 0 Å². The number of nitrogens with zero attached hydrogens (tertiary/aromatic N) is 2. The normalized spacial score (nSPS) is 19.7. The number of carbonyl (C=O) groups excluding carboxylic acids is 2. The number of halogens is 1. The van der Waals surface area contributed by atoms with E-state index in [0.29, 0.717) is 0 Å². The number of fused-ring (bicyclic) bond motifs is 1. The smallest absolute Gasteiger partial charge is 0.242 e. The quantitative estimate of drug-likeness (QED) is 0.879. The largest absolute Gasteiger partial charge is 0.339 e. The van der Waals surface area contributed by atoms with Crippen LogP contribution in [0.25, 0.3) is 0 Å². The van der Waals surface area contributed by atoms with Gasteiger partial charge in [0.05, 0.1) is 11.8 Å². The summed E-state index contributed by atoms with van der Waals surface area (Å²) in [6, 6.07) is 8.13. The molecule has 5 nitrogen and oxygen atoms in total. The molecular weight excluding hydrogens is 334 g/mol. The fourth-order valence-corrected chi connectivity index (χ4v) is 4.17. The van der Waals surface area contributed by atoms with E-state index in [1.54, 1.807) is 23.7 Å². The number of hydrogen-bond donors (Lipinski definition) is 1. The molecule has 0 saturated carbocycles. The van der Waals surface area contributed by atoms with E-state index >= 15 is 0 Å². The zero-order chi connectivity index (χ0) is 15.5. The van der Waals surface area contributed by atoms with Crippen LogP contribution in [0.3, 0.4) is 0 Å². The molecule has 2 aliphatic rings. The molecule has 2 aliphatic heterocycles. The van der Waals surface area contributed by atoms with Crippen LogP contribution in [-0.4, -0.2) is 66.6 Å². The summed E-state index contributed by atoms with van der Waals surface area (Å²) in [5.74, 6) is 0.0857. The molecule has 0 aliphatic carbocycles. The summed E-state index contributed by atoms with van der Waals surface area (Å²) in [7, 11) is 1.73. The van der Waals surface area contributed by atoms with Crippen molar-refractivity contribution in [1.29, 1.82) is 0 Å². The molecule has 0 spiro atoms. The Morgan fingerprint density at radius 1 is 1.30 bits per heavy atom. The maximum atomic E-state index is 12.6. The fraction of sp³-hybridized carbons (Fsp3) is 0.500. The molecule has 1 unspecified atom stereocenters. The molecule has 2 amide bonds. The second kappa shape index (κ2) is 8.04. The van der Waals surface area contributed by atoms with Crippen LogP contribution in [0, 0.1) is 0 Å². The van der Waals surface area contributed by atoms with Crippen LogP contribution in [0.5, 0.6) is 0 Å². The number of rotatable bonds is 3. The van der Waals surface area contributed by atoms with E-state index in [4.69, 9.17) is 0 Å². The molecule has 1 aromatic carbocycles. The Bertz CT molecular complexity index is 553. The van der Waals surface area contributed by atoms with Gasteiger partial charge in [-0.05, 0) is 18.1 Å². The van der Waals surface area contributed by atoms with Gasteiger partial charge in [0, 0.05) is 38.1 Å². The van der Waals surface area contributed by atoms with Crippen LogP contribution < -0.4 is 5.32 Å². The number of nitrogens with one attached hydrogen (secondary N) is 1. The molecule has 1 fully saturated rings. The minimum absolute atomic E-state index is 0. The van der Waals surface area contributed by atoms with Gasteiger partial charge >= 0.3 is 0 Å². The summed E-state index contributed by atoms with van der Waals surface area (Å²) in [4.78, 5) is 29.4. The maximum Gasteiger partial charge on any atom is 0.242 e. The summed E-state index contributed by atoms with van der Waals surface area (Å²) in [5.41, 5.74) is 1.23. The molecule has 7 heteroatoms. The molecular formula is C16H22ClN3O2S. The Morgan fingerprint density at radius 2 is 2.00 bits per heavy atom. The molecule has 0 aromatic heterocycles. The lowest BCUT2D eigenvalue weighted by molar-refractivity contribution is -0.139. The van der Waals surface area contributed by atoms with Crippen molar-refractivity contribution < 1.29 is 9.59 Å². The highest BCUT2D eigenvalue weighted by Gasteiger charge is 2.31. The topological polar surface area (TPSA) is 52.7 Å². The Morgan fingerprint density at radius 3 is 2.70 bits per heavy atom. The minimum atomic E-state index is -0.0989. The third-order valence-corrected chi connectivity index (χ3v) is 5.45. The minimum Gasteiger partial charge on any atom is -0.339 e. The number of piperazine rings is 1. The average Bonchev–Trinajstić information content (AvgIpc) is 2.98. The van der Waals surface area contributed by atoms with Crippen LogP contribution in [0.4, 0.5) is 0 Å². The number of benzene rings is 1. The Hall–Kier alpha value is -1.24. The van der Waals surface area contributed by atoms with Gasteiger partial charge in [-0.2, -0.15) is 0 Å². The maximum absolute atomic E-state index is 12.6. The van der Waals surface area contributed by atoms with Crippen LogP contribution in [0.15, 0.2) is 29.2 Å². The monoisotopic (exact) mass is 355 g/mol. The number of likely N-dealkylation sites (N-methyl/N-ethyl adjacent to an activating group) is 1. The van der Waals surface area contributed by atoms with E-state index in [2.05, 4.69) is 17.4 Å². The summed E-state index contributed by atoms with van der Waals surface area (Å²) in [6.07, 6.45) is 0.756. The molecule has 23 heavy (non-hydrogen) atoms. The first kappa shape index (κ1) is 18.1. The van der Waals surface area contributed by atoms with Crippen molar-refractivity contribution in [2.24, 2.45) is 0 Å². The number of hydrogen-bond acceptors (Lipinski definition) is 4. The number of carbonyl (C=O) groups is 2. The lowest BCUT2D eigenvalue weighted by Gasteiger charge is -2.29. The third kappa shape index (κ3) is 4.19. The Labute approximate surface area is 147 Å². The lowest BCUT2D eigenvalue weighted by atomic mass is 10.1. The van der Waals surface area contributed by atoms with E-state index in [0.717, 1.165) is 32.6 Å². The van der Waals surface area contributed by atoms with Gasteiger partial charge in [0.2, 0.25) is 11.8 Å². The van der Waals surface area contributed by atoms with E-state index in [1.165, 1.54) is 10.5 Å². The first-order chi connectivity index (χ1) is 10.6. The zero-order valence-electron chi connectivity index (χ0n) is 13.2. The highest BCUT2D eigenvalue weighted by atomic mass is 35.5. The molecule has 2 heterocycles. The zero-order valence-corrected chi connectivity index (χ0v) is 14.8.